The number of benzene rings is 1. The smallest absolute Gasteiger partial charge is 0.227 e. The van der Waals surface area contributed by atoms with Crippen LogP contribution in [0.4, 0.5) is 5.69 Å². The molecule has 0 spiro atoms. The lowest BCUT2D eigenvalue weighted by atomic mass is 9.95. The van der Waals surface area contributed by atoms with Crippen LogP contribution in [0.1, 0.15) is 24.2 Å². The zero-order valence-corrected chi connectivity index (χ0v) is 14.9. The first kappa shape index (κ1) is 17.0. The normalized spacial score (nSPS) is 16.3. The van der Waals surface area contributed by atoms with Gasteiger partial charge in [-0.15, -0.1) is 0 Å². The van der Waals surface area contributed by atoms with E-state index in [9.17, 15) is 4.79 Å². The Labute approximate surface area is 147 Å². The highest BCUT2D eigenvalue weighted by Gasteiger charge is 2.25. The number of hydrogen-bond acceptors (Lipinski definition) is 3. The van der Waals surface area contributed by atoms with E-state index in [2.05, 4.69) is 15.2 Å². The molecule has 1 aliphatic heterocycles. The van der Waals surface area contributed by atoms with Crippen molar-refractivity contribution in [2.45, 2.75) is 26.3 Å². The minimum Gasteiger partial charge on any atom is -0.337 e. The summed E-state index contributed by atoms with van der Waals surface area (Å²) in [7, 11) is 2.01. The molecule has 128 valence electrons. The first-order chi connectivity index (χ1) is 11.5. The average molecular weight is 347 g/mol. The van der Waals surface area contributed by atoms with Crippen LogP contribution in [-0.4, -0.2) is 33.4 Å². The van der Waals surface area contributed by atoms with Crippen molar-refractivity contribution in [2.24, 2.45) is 13.0 Å². The number of nitrogens with one attached hydrogen (secondary N) is 1. The van der Waals surface area contributed by atoms with Crippen molar-refractivity contribution in [3.63, 3.8) is 0 Å². The Morgan fingerprint density at radius 1 is 1.38 bits per heavy atom. The molecule has 2 aromatic rings. The molecule has 1 N–H and O–H groups in total. The van der Waals surface area contributed by atoms with E-state index in [1.807, 2.05) is 49.1 Å². The molecule has 2 heterocycles. The molecule has 0 radical (unpaired) electrons. The highest BCUT2D eigenvalue weighted by atomic mass is 35.5. The van der Waals surface area contributed by atoms with E-state index in [1.54, 1.807) is 0 Å². The van der Waals surface area contributed by atoms with E-state index in [0.29, 0.717) is 10.7 Å². The molecule has 3 rings (SSSR count). The quantitative estimate of drug-likeness (QED) is 0.924. The van der Waals surface area contributed by atoms with Gasteiger partial charge in [0.1, 0.15) is 5.82 Å². The van der Waals surface area contributed by atoms with Crippen molar-refractivity contribution in [2.75, 3.05) is 18.4 Å². The predicted octanol–water partition coefficient (Wildman–Crippen LogP) is 3.23. The molecule has 1 aliphatic rings. The summed E-state index contributed by atoms with van der Waals surface area (Å²) in [6.07, 6.45) is 5.50. The molecule has 1 fully saturated rings. The Balaban J connectivity index is 1.52. The third kappa shape index (κ3) is 3.97. The average Bonchev–Trinajstić information content (AvgIpc) is 2.96. The second-order valence-electron chi connectivity index (χ2n) is 6.48. The number of hydrogen-bond donors (Lipinski definition) is 1. The monoisotopic (exact) mass is 346 g/mol. The second-order valence-corrected chi connectivity index (χ2v) is 6.88. The SMILES string of the molecule is Cc1ccc(NC(=O)C2CCN(Cc3nccn3C)CC2)c(Cl)c1. The Kier molecular flexibility index (Phi) is 5.21. The molecule has 0 atom stereocenters. The zero-order valence-electron chi connectivity index (χ0n) is 14.1. The van der Waals surface area contributed by atoms with Crippen LogP contribution < -0.4 is 5.32 Å². The summed E-state index contributed by atoms with van der Waals surface area (Å²) < 4.78 is 2.04. The molecule has 6 heteroatoms. The Hall–Kier alpha value is -1.85. The minimum absolute atomic E-state index is 0.0417. The van der Waals surface area contributed by atoms with Gasteiger partial charge in [0.15, 0.2) is 0 Å². The molecule has 0 unspecified atom stereocenters. The van der Waals surface area contributed by atoms with Crippen LogP contribution in [0.5, 0.6) is 0 Å². The molecule has 1 aromatic heterocycles. The van der Waals surface area contributed by atoms with Gasteiger partial charge in [0.25, 0.3) is 0 Å². The van der Waals surface area contributed by atoms with Crippen LogP contribution >= 0.6 is 11.6 Å². The molecule has 1 amide bonds. The lowest BCUT2D eigenvalue weighted by Crippen LogP contribution is -2.38. The van der Waals surface area contributed by atoms with E-state index >= 15 is 0 Å². The highest BCUT2D eigenvalue weighted by Crippen LogP contribution is 2.25. The number of piperidine rings is 1. The summed E-state index contributed by atoms with van der Waals surface area (Å²) in [6.45, 7) is 4.63. The number of halogens is 1. The molecular formula is C18H23ClN4O. The van der Waals surface area contributed by atoms with E-state index in [1.165, 1.54) is 0 Å². The van der Waals surface area contributed by atoms with Gasteiger partial charge in [-0.05, 0) is 50.6 Å². The summed E-state index contributed by atoms with van der Waals surface area (Å²) in [6, 6.07) is 5.69. The van der Waals surface area contributed by atoms with E-state index < -0.39 is 0 Å². The van der Waals surface area contributed by atoms with Crippen molar-refractivity contribution < 1.29 is 4.79 Å². The fraction of sp³-hybridized carbons (Fsp3) is 0.444. The second kappa shape index (κ2) is 7.36. The Morgan fingerprint density at radius 2 is 2.12 bits per heavy atom. The maximum absolute atomic E-state index is 12.5. The van der Waals surface area contributed by atoms with Gasteiger partial charge < -0.3 is 9.88 Å². The summed E-state index contributed by atoms with van der Waals surface area (Å²) in [5, 5.41) is 3.56. The van der Waals surface area contributed by atoms with Gasteiger partial charge in [0.05, 0.1) is 17.3 Å². The molecule has 0 aliphatic carbocycles. The number of aromatic nitrogens is 2. The number of imidazole rings is 1. The predicted molar refractivity (Wildman–Crippen MR) is 96.0 cm³/mol. The van der Waals surface area contributed by atoms with Gasteiger partial charge in [-0.2, -0.15) is 0 Å². The first-order valence-electron chi connectivity index (χ1n) is 8.28. The van der Waals surface area contributed by atoms with Gasteiger partial charge in [-0.1, -0.05) is 17.7 Å². The third-order valence-electron chi connectivity index (χ3n) is 4.63. The Morgan fingerprint density at radius 3 is 2.75 bits per heavy atom. The van der Waals surface area contributed by atoms with Crippen LogP contribution in [0.15, 0.2) is 30.6 Å². The van der Waals surface area contributed by atoms with Gasteiger partial charge in [0.2, 0.25) is 5.91 Å². The first-order valence-corrected chi connectivity index (χ1v) is 8.66. The maximum atomic E-state index is 12.5. The van der Waals surface area contributed by atoms with Crippen LogP contribution in [0.2, 0.25) is 5.02 Å². The topological polar surface area (TPSA) is 50.2 Å². The molecule has 0 saturated carbocycles. The summed E-state index contributed by atoms with van der Waals surface area (Å²) in [4.78, 5) is 19.2. The van der Waals surface area contributed by atoms with Crippen molar-refractivity contribution >= 4 is 23.2 Å². The van der Waals surface area contributed by atoms with Crippen LogP contribution in [0, 0.1) is 12.8 Å². The number of carbonyl (C=O) groups is 1. The van der Waals surface area contributed by atoms with Crippen molar-refractivity contribution in [1.82, 2.24) is 14.5 Å². The highest BCUT2D eigenvalue weighted by molar-refractivity contribution is 6.33. The number of carbonyl (C=O) groups excluding carboxylic acids is 1. The van der Waals surface area contributed by atoms with Gasteiger partial charge in [-0.3, -0.25) is 9.69 Å². The molecule has 1 aromatic carbocycles. The standard InChI is InChI=1S/C18H23ClN4O/c1-13-3-4-16(15(19)11-13)21-18(24)14-5-8-23(9-6-14)12-17-20-7-10-22(17)2/h3-4,7,10-11,14H,5-6,8-9,12H2,1-2H3,(H,21,24). The Bertz CT molecular complexity index is 720. The molecular weight excluding hydrogens is 324 g/mol. The van der Waals surface area contributed by atoms with E-state index in [4.69, 9.17) is 11.6 Å². The number of amides is 1. The number of likely N-dealkylation sites (tertiary alicyclic amines) is 1. The fourth-order valence-corrected chi connectivity index (χ4v) is 3.34. The summed E-state index contributed by atoms with van der Waals surface area (Å²) >= 11 is 6.20. The lowest BCUT2D eigenvalue weighted by Gasteiger charge is -2.31. The van der Waals surface area contributed by atoms with Crippen LogP contribution in [0.25, 0.3) is 0 Å². The van der Waals surface area contributed by atoms with Crippen LogP contribution in [0.3, 0.4) is 0 Å². The number of aryl methyl sites for hydroxylation is 2. The molecule has 5 nitrogen and oxygen atoms in total. The minimum atomic E-state index is 0.0417. The van der Waals surface area contributed by atoms with Gasteiger partial charge in [0, 0.05) is 25.4 Å². The van der Waals surface area contributed by atoms with Crippen LogP contribution in [-0.2, 0) is 18.4 Å². The molecule has 1 saturated heterocycles. The number of anilines is 1. The number of rotatable bonds is 4. The molecule has 24 heavy (non-hydrogen) atoms. The van der Waals surface area contributed by atoms with E-state index in [0.717, 1.165) is 43.9 Å². The van der Waals surface area contributed by atoms with Gasteiger partial charge >= 0.3 is 0 Å². The van der Waals surface area contributed by atoms with Crippen molar-refractivity contribution in [3.05, 3.63) is 47.0 Å². The van der Waals surface area contributed by atoms with E-state index in [-0.39, 0.29) is 11.8 Å². The largest absolute Gasteiger partial charge is 0.337 e. The fourth-order valence-electron chi connectivity index (χ4n) is 3.06. The summed E-state index contributed by atoms with van der Waals surface area (Å²) in [5.41, 5.74) is 1.78. The van der Waals surface area contributed by atoms with Gasteiger partial charge in [-0.25, -0.2) is 4.98 Å². The third-order valence-corrected chi connectivity index (χ3v) is 4.94. The van der Waals surface area contributed by atoms with Crippen molar-refractivity contribution in [3.8, 4) is 0 Å². The lowest BCUT2D eigenvalue weighted by molar-refractivity contribution is -0.121. The zero-order chi connectivity index (χ0) is 17.1. The maximum Gasteiger partial charge on any atom is 0.227 e. The van der Waals surface area contributed by atoms with Crippen molar-refractivity contribution in [1.29, 1.82) is 0 Å². The number of nitrogens with zero attached hydrogens (tertiary/aromatic N) is 3. The summed E-state index contributed by atoms with van der Waals surface area (Å²) in [5.74, 6) is 1.17. The molecule has 0 bridgehead atoms.